The number of hydrogen-bond donors (Lipinski definition) is 3. The summed E-state index contributed by atoms with van der Waals surface area (Å²) in [4.78, 5) is 45.0. The lowest BCUT2D eigenvalue weighted by molar-refractivity contribution is -0.133. The molecule has 0 unspecified atom stereocenters. The summed E-state index contributed by atoms with van der Waals surface area (Å²) in [5.74, 6) is -2.94. The van der Waals surface area contributed by atoms with Crippen molar-refractivity contribution in [3.63, 3.8) is 0 Å². The van der Waals surface area contributed by atoms with E-state index in [4.69, 9.17) is 11.5 Å². The molecule has 0 radical (unpaired) electrons. The average molecular weight is 277 g/mol. The van der Waals surface area contributed by atoms with Gasteiger partial charge in [0.05, 0.1) is 0 Å². The quantitative estimate of drug-likeness (QED) is 0.440. The van der Waals surface area contributed by atoms with Gasteiger partial charge in [0.1, 0.15) is 0 Å². The molecule has 0 bridgehead atoms. The van der Waals surface area contributed by atoms with E-state index in [-0.39, 0.29) is 18.6 Å². The second kappa shape index (κ2) is 7.03. The Morgan fingerprint density at radius 1 is 0.950 bits per heavy atom. The monoisotopic (exact) mass is 277 g/mol. The maximum atomic E-state index is 11.7. The Morgan fingerprint density at radius 2 is 1.50 bits per heavy atom. The number of Topliss-reactive ketones (excluding diaryl/α,β-unsaturated/α-hetero) is 1. The van der Waals surface area contributed by atoms with Crippen LogP contribution in [0.1, 0.15) is 23.2 Å². The van der Waals surface area contributed by atoms with E-state index in [1.54, 1.807) is 30.3 Å². The minimum absolute atomic E-state index is 0.0416. The number of nitrogens with two attached hydrogens (primary N) is 2. The smallest absolute Gasteiger partial charge is 0.249 e. The number of rotatable bonds is 7. The minimum atomic E-state index is -1.56. The largest absolute Gasteiger partial charge is 0.367 e. The second-order valence-electron chi connectivity index (χ2n) is 4.09. The minimum Gasteiger partial charge on any atom is -0.367 e. The zero-order valence-electron chi connectivity index (χ0n) is 10.7. The van der Waals surface area contributed by atoms with Crippen LogP contribution in [0, 0.1) is 0 Å². The fourth-order valence-corrected chi connectivity index (χ4v) is 1.51. The Morgan fingerprint density at radius 3 is 2.00 bits per heavy atom. The van der Waals surface area contributed by atoms with Gasteiger partial charge in [0.25, 0.3) is 0 Å². The van der Waals surface area contributed by atoms with Crippen LogP contribution in [-0.4, -0.2) is 29.5 Å². The normalized spacial score (nSPS) is 10.1. The van der Waals surface area contributed by atoms with Crippen LogP contribution >= 0.6 is 0 Å². The molecule has 3 amide bonds. The van der Waals surface area contributed by atoms with Gasteiger partial charge in [0, 0.05) is 18.4 Å². The topological polar surface area (TPSA) is 132 Å². The fourth-order valence-electron chi connectivity index (χ4n) is 1.51. The van der Waals surface area contributed by atoms with Crippen LogP contribution in [0.2, 0.25) is 0 Å². The average Bonchev–Trinajstić information content (AvgIpc) is 2.42. The number of hydrogen-bond acceptors (Lipinski definition) is 4. The van der Waals surface area contributed by atoms with Crippen LogP contribution in [0.25, 0.3) is 0 Å². The zero-order chi connectivity index (χ0) is 15.1. The molecule has 0 fully saturated rings. The van der Waals surface area contributed by atoms with Gasteiger partial charge in [-0.3, -0.25) is 19.2 Å². The Bertz CT molecular complexity index is 514. The number of carbonyl (C=O) groups excluding carboxylic acids is 4. The number of ketones is 1. The van der Waals surface area contributed by atoms with Crippen LogP contribution in [0.15, 0.2) is 30.3 Å². The van der Waals surface area contributed by atoms with Gasteiger partial charge in [0.2, 0.25) is 17.7 Å². The number of carbonyl (C=O) groups is 4. The van der Waals surface area contributed by atoms with E-state index in [9.17, 15) is 19.2 Å². The van der Waals surface area contributed by atoms with Crippen molar-refractivity contribution in [1.82, 2.24) is 5.32 Å². The van der Waals surface area contributed by atoms with Crippen molar-refractivity contribution in [2.45, 2.75) is 18.9 Å². The molecule has 7 nitrogen and oxygen atoms in total. The lowest BCUT2D eigenvalue weighted by Crippen LogP contribution is -2.52. The molecule has 0 aromatic heterocycles. The summed E-state index contributed by atoms with van der Waals surface area (Å²) in [6.45, 7) is 0. The Kier molecular flexibility index (Phi) is 5.40. The number of benzene rings is 1. The first kappa shape index (κ1) is 15.4. The molecule has 1 rings (SSSR count). The molecule has 0 spiro atoms. The summed E-state index contributed by atoms with van der Waals surface area (Å²) in [6.07, 6.45) is -0.203. The molecule has 0 heterocycles. The maximum absolute atomic E-state index is 11.7. The van der Waals surface area contributed by atoms with E-state index in [0.29, 0.717) is 5.56 Å². The first-order chi connectivity index (χ1) is 9.41. The molecular formula is C13H15N3O4. The fraction of sp³-hybridized carbons (Fsp3) is 0.231. The molecule has 7 heteroatoms. The van der Waals surface area contributed by atoms with E-state index < -0.39 is 23.8 Å². The molecule has 0 saturated carbocycles. The van der Waals surface area contributed by atoms with Crippen LogP contribution < -0.4 is 16.8 Å². The van der Waals surface area contributed by atoms with E-state index in [1.165, 1.54) is 0 Å². The third-order valence-electron chi connectivity index (χ3n) is 2.55. The number of primary amides is 2. The first-order valence-electron chi connectivity index (χ1n) is 5.88. The molecule has 1 aromatic rings. The highest BCUT2D eigenvalue weighted by Gasteiger charge is 2.23. The molecule has 20 heavy (non-hydrogen) atoms. The van der Waals surface area contributed by atoms with Crippen molar-refractivity contribution in [2.24, 2.45) is 11.5 Å². The summed E-state index contributed by atoms with van der Waals surface area (Å²) >= 11 is 0. The number of nitrogens with one attached hydrogen (secondary N) is 1. The summed E-state index contributed by atoms with van der Waals surface area (Å²) in [5, 5.41) is 2.08. The van der Waals surface area contributed by atoms with Gasteiger partial charge >= 0.3 is 0 Å². The molecule has 0 aliphatic rings. The predicted octanol–water partition coefficient (Wildman–Crippen LogP) is -0.895. The van der Waals surface area contributed by atoms with Gasteiger partial charge in [0.15, 0.2) is 11.8 Å². The highest BCUT2D eigenvalue weighted by atomic mass is 16.2. The van der Waals surface area contributed by atoms with Crippen molar-refractivity contribution in [3.8, 4) is 0 Å². The van der Waals surface area contributed by atoms with Crippen molar-refractivity contribution >= 4 is 23.5 Å². The van der Waals surface area contributed by atoms with Crippen molar-refractivity contribution in [3.05, 3.63) is 35.9 Å². The Hall–Kier alpha value is -2.70. The van der Waals surface area contributed by atoms with Gasteiger partial charge in [-0.25, -0.2) is 0 Å². The highest BCUT2D eigenvalue weighted by molar-refractivity contribution is 6.06. The van der Waals surface area contributed by atoms with Gasteiger partial charge in [-0.05, 0) is 0 Å². The Labute approximate surface area is 115 Å². The molecule has 5 N–H and O–H groups in total. The third-order valence-corrected chi connectivity index (χ3v) is 2.55. The second-order valence-corrected chi connectivity index (χ2v) is 4.09. The van der Waals surface area contributed by atoms with E-state index >= 15 is 0 Å². The molecule has 0 aliphatic carbocycles. The molecular weight excluding hydrogens is 262 g/mol. The maximum Gasteiger partial charge on any atom is 0.249 e. The summed E-state index contributed by atoms with van der Waals surface area (Å²) in [5.41, 5.74) is 10.3. The van der Waals surface area contributed by atoms with E-state index in [1.807, 2.05) is 0 Å². The summed E-state index contributed by atoms with van der Waals surface area (Å²) < 4.78 is 0. The van der Waals surface area contributed by atoms with Crippen LogP contribution in [-0.2, 0) is 14.4 Å². The van der Waals surface area contributed by atoms with E-state index in [0.717, 1.165) is 0 Å². The van der Waals surface area contributed by atoms with E-state index in [2.05, 4.69) is 5.32 Å². The molecule has 0 aliphatic heterocycles. The van der Waals surface area contributed by atoms with Gasteiger partial charge in [-0.1, -0.05) is 30.3 Å². The first-order valence-corrected chi connectivity index (χ1v) is 5.88. The van der Waals surface area contributed by atoms with Crippen molar-refractivity contribution < 1.29 is 19.2 Å². The standard InChI is InChI=1S/C13H15N3O4/c14-12(19)11(13(15)20)16-10(18)7-6-9(17)8-4-2-1-3-5-8/h1-5,11H,6-7H2,(H2,14,19)(H2,15,20)(H,16,18). The SMILES string of the molecule is NC(=O)C(NC(=O)CCC(=O)c1ccccc1)C(N)=O. The molecule has 0 saturated heterocycles. The van der Waals surface area contributed by atoms with Gasteiger partial charge < -0.3 is 16.8 Å². The lowest BCUT2D eigenvalue weighted by Gasteiger charge is -2.11. The van der Waals surface area contributed by atoms with Crippen LogP contribution in [0.4, 0.5) is 0 Å². The van der Waals surface area contributed by atoms with Crippen molar-refractivity contribution in [2.75, 3.05) is 0 Å². The molecule has 106 valence electrons. The van der Waals surface area contributed by atoms with Crippen LogP contribution in [0.5, 0.6) is 0 Å². The van der Waals surface area contributed by atoms with Gasteiger partial charge in [-0.2, -0.15) is 0 Å². The lowest BCUT2D eigenvalue weighted by atomic mass is 10.1. The summed E-state index contributed by atoms with van der Waals surface area (Å²) in [7, 11) is 0. The Balaban J connectivity index is 2.49. The highest BCUT2D eigenvalue weighted by Crippen LogP contribution is 2.05. The summed E-state index contributed by atoms with van der Waals surface area (Å²) in [6, 6.07) is 6.90. The van der Waals surface area contributed by atoms with Gasteiger partial charge in [-0.15, -0.1) is 0 Å². The predicted molar refractivity (Wildman–Crippen MR) is 70.3 cm³/mol. The number of amides is 3. The van der Waals surface area contributed by atoms with Crippen LogP contribution in [0.3, 0.4) is 0 Å². The molecule has 0 atom stereocenters. The third kappa shape index (κ3) is 4.52. The molecule has 1 aromatic carbocycles. The van der Waals surface area contributed by atoms with Crippen molar-refractivity contribution in [1.29, 1.82) is 0 Å². The zero-order valence-corrected chi connectivity index (χ0v) is 10.7.